The Bertz CT molecular complexity index is 409. The van der Waals surface area contributed by atoms with Gasteiger partial charge in [0.15, 0.2) is 0 Å². The number of nitrogens with zero attached hydrogens (tertiary/aromatic N) is 1. The van der Waals surface area contributed by atoms with Gasteiger partial charge >= 0.3 is 0 Å². The van der Waals surface area contributed by atoms with Crippen LogP contribution < -0.4 is 5.73 Å². The lowest BCUT2D eigenvalue weighted by Gasteiger charge is -2.41. The topological polar surface area (TPSA) is 29.3 Å². The van der Waals surface area contributed by atoms with Gasteiger partial charge in [-0.05, 0) is 51.6 Å². The number of halogens is 2. The van der Waals surface area contributed by atoms with Gasteiger partial charge in [0, 0.05) is 11.6 Å². The standard InChI is InChI=1S/C14H22ClFN2/c1-5-14(2,18(3)4)13(17)9-10-6-7-12(16)11(15)8-10/h6-8,13H,5,9,17H2,1-4H3. The quantitative estimate of drug-likeness (QED) is 0.893. The summed E-state index contributed by atoms with van der Waals surface area (Å²) in [6, 6.07) is 4.76. The highest BCUT2D eigenvalue weighted by molar-refractivity contribution is 6.30. The van der Waals surface area contributed by atoms with Gasteiger partial charge in [-0.25, -0.2) is 4.39 Å². The number of hydrogen-bond donors (Lipinski definition) is 1. The van der Waals surface area contributed by atoms with E-state index in [0.717, 1.165) is 12.0 Å². The Morgan fingerprint density at radius 3 is 2.50 bits per heavy atom. The number of likely N-dealkylation sites (N-methyl/N-ethyl adjacent to an activating group) is 1. The van der Waals surface area contributed by atoms with Gasteiger partial charge in [0.1, 0.15) is 5.82 Å². The Labute approximate surface area is 114 Å². The zero-order chi connectivity index (χ0) is 13.9. The van der Waals surface area contributed by atoms with E-state index in [1.165, 1.54) is 6.07 Å². The minimum Gasteiger partial charge on any atom is -0.326 e. The van der Waals surface area contributed by atoms with Gasteiger partial charge in [0.2, 0.25) is 0 Å². The maximum absolute atomic E-state index is 13.1. The second-order valence-corrected chi connectivity index (χ2v) is 5.57. The minimum atomic E-state index is -0.389. The van der Waals surface area contributed by atoms with Crippen LogP contribution in [-0.4, -0.2) is 30.6 Å². The lowest BCUT2D eigenvalue weighted by atomic mass is 9.85. The van der Waals surface area contributed by atoms with Crippen molar-refractivity contribution in [1.82, 2.24) is 4.90 Å². The summed E-state index contributed by atoms with van der Waals surface area (Å²) < 4.78 is 13.1. The van der Waals surface area contributed by atoms with E-state index in [-0.39, 0.29) is 22.4 Å². The first kappa shape index (κ1) is 15.4. The third kappa shape index (κ3) is 3.22. The van der Waals surface area contributed by atoms with Crippen molar-refractivity contribution in [2.45, 2.75) is 38.3 Å². The first-order valence-corrected chi connectivity index (χ1v) is 6.56. The molecule has 2 N–H and O–H groups in total. The van der Waals surface area contributed by atoms with Crippen molar-refractivity contribution in [1.29, 1.82) is 0 Å². The van der Waals surface area contributed by atoms with Crippen LogP contribution in [0.3, 0.4) is 0 Å². The Kier molecular flexibility index (Phi) is 5.14. The molecule has 2 unspecified atom stereocenters. The second-order valence-electron chi connectivity index (χ2n) is 5.16. The normalized spacial score (nSPS) is 16.7. The molecule has 0 aliphatic heterocycles. The largest absolute Gasteiger partial charge is 0.326 e. The first-order valence-electron chi connectivity index (χ1n) is 6.18. The van der Waals surface area contributed by atoms with E-state index >= 15 is 0 Å². The first-order chi connectivity index (χ1) is 8.31. The van der Waals surface area contributed by atoms with Crippen LogP contribution >= 0.6 is 11.6 Å². The summed E-state index contributed by atoms with van der Waals surface area (Å²) in [5.74, 6) is -0.389. The molecule has 1 aromatic rings. The fourth-order valence-corrected chi connectivity index (χ4v) is 2.25. The van der Waals surface area contributed by atoms with Gasteiger partial charge in [0.05, 0.1) is 5.02 Å². The van der Waals surface area contributed by atoms with E-state index < -0.39 is 0 Å². The lowest BCUT2D eigenvalue weighted by molar-refractivity contribution is 0.131. The molecule has 0 saturated heterocycles. The van der Waals surface area contributed by atoms with E-state index in [0.29, 0.717) is 6.42 Å². The summed E-state index contributed by atoms with van der Waals surface area (Å²) in [6.45, 7) is 4.26. The van der Waals surface area contributed by atoms with E-state index in [1.807, 2.05) is 14.1 Å². The molecule has 0 spiro atoms. The van der Waals surface area contributed by atoms with E-state index in [4.69, 9.17) is 17.3 Å². The number of benzene rings is 1. The molecular formula is C14H22ClFN2. The average Bonchev–Trinajstić information content (AvgIpc) is 2.32. The molecule has 2 nitrogen and oxygen atoms in total. The molecule has 0 bridgehead atoms. The lowest BCUT2D eigenvalue weighted by Crippen LogP contribution is -2.55. The monoisotopic (exact) mass is 272 g/mol. The maximum Gasteiger partial charge on any atom is 0.141 e. The van der Waals surface area contributed by atoms with Crippen molar-refractivity contribution in [3.05, 3.63) is 34.6 Å². The molecule has 1 aromatic carbocycles. The summed E-state index contributed by atoms with van der Waals surface area (Å²) in [5, 5.41) is 0.155. The van der Waals surface area contributed by atoms with Crippen molar-refractivity contribution < 1.29 is 4.39 Å². The van der Waals surface area contributed by atoms with Gasteiger partial charge in [-0.2, -0.15) is 0 Å². The highest BCUT2D eigenvalue weighted by Gasteiger charge is 2.32. The molecule has 0 amide bonds. The van der Waals surface area contributed by atoms with Crippen LogP contribution in [-0.2, 0) is 6.42 Å². The molecule has 0 fully saturated rings. The van der Waals surface area contributed by atoms with E-state index in [9.17, 15) is 4.39 Å². The number of hydrogen-bond acceptors (Lipinski definition) is 2. The summed E-state index contributed by atoms with van der Waals surface area (Å²) >= 11 is 5.78. The molecule has 0 saturated carbocycles. The summed E-state index contributed by atoms with van der Waals surface area (Å²) in [5.41, 5.74) is 7.19. The second kappa shape index (κ2) is 6.00. The predicted octanol–water partition coefficient (Wildman–Crippen LogP) is 3.08. The molecule has 2 atom stereocenters. The molecule has 0 radical (unpaired) electrons. The van der Waals surface area contributed by atoms with Crippen molar-refractivity contribution in [3.8, 4) is 0 Å². The van der Waals surface area contributed by atoms with Crippen molar-refractivity contribution >= 4 is 11.6 Å². The summed E-state index contributed by atoms with van der Waals surface area (Å²) in [4.78, 5) is 2.14. The maximum atomic E-state index is 13.1. The molecule has 4 heteroatoms. The van der Waals surface area contributed by atoms with E-state index in [2.05, 4.69) is 18.7 Å². The molecule has 18 heavy (non-hydrogen) atoms. The highest BCUT2D eigenvalue weighted by atomic mass is 35.5. The molecule has 0 heterocycles. The molecule has 0 aliphatic carbocycles. The van der Waals surface area contributed by atoms with Gasteiger partial charge in [-0.1, -0.05) is 24.6 Å². The summed E-state index contributed by atoms with van der Waals surface area (Å²) in [7, 11) is 4.06. The van der Waals surface area contributed by atoms with Gasteiger partial charge < -0.3 is 10.6 Å². The van der Waals surface area contributed by atoms with E-state index in [1.54, 1.807) is 12.1 Å². The molecule has 0 aliphatic rings. The van der Waals surface area contributed by atoms with Gasteiger partial charge in [0.25, 0.3) is 0 Å². The molecule has 0 aromatic heterocycles. The Morgan fingerprint density at radius 1 is 1.44 bits per heavy atom. The van der Waals surface area contributed by atoms with Crippen LogP contribution in [0.4, 0.5) is 4.39 Å². The Balaban J connectivity index is 2.86. The van der Waals surface area contributed by atoms with Crippen LogP contribution in [0.5, 0.6) is 0 Å². The fourth-order valence-electron chi connectivity index (χ4n) is 2.05. The minimum absolute atomic E-state index is 0.0287. The number of rotatable bonds is 5. The highest BCUT2D eigenvalue weighted by Crippen LogP contribution is 2.24. The third-order valence-corrected chi connectivity index (χ3v) is 4.27. The Hall–Kier alpha value is -0.640. The van der Waals surface area contributed by atoms with Crippen LogP contribution in [0.2, 0.25) is 5.02 Å². The van der Waals surface area contributed by atoms with Gasteiger partial charge in [-0.3, -0.25) is 0 Å². The average molecular weight is 273 g/mol. The van der Waals surface area contributed by atoms with Crippen LogP contribution in [0, 0.1) is 5.82 Å². The van der Waals surface area contributed by atoms with Crippen LogP contribution in [0.25, 0.3) is 0 Å². The van der Waals surface area contributed by atoms with Crippen LogP contribution in [0.15, 0.2) is 18.2 Å². The fraction of sp³-hybridized carbons (Fsp3) is 0.571. The molecule has 102 valence electrons. The summed E-state index contributed by atoms with van der Waals surface area (Å²) in [6.07, 6.45) is 1.64. The van der Waals surface area contributed by atoms with Crippen molar-refractivity contribution in [3.63, 3.8) is 0 Å². The molecular weight excluding hydrogens is 251 g/mol. The van der Waals surface area contributed by atoms with Crippen molar-refractivity contribution in [2.75, 3.05) is 14.1 Å². The van der Waals surface area contributed by atoms with Gasteiger partial charge in [-0.15, -0.1) is 0 Å². The zero-order valence-electron chi connectivity index (χ0n) is 11.5. The van der Waals surface area contributed by atoms with Crippen molar-refractivity contribution in [2.24, 2.45) is 5.73 Å². The predicted molar refractivity (Wildman–Crippen MR) is 75.5 cm³/mol. The third-order valence-electron chi connectivity index (χ3n) is 3.98. The smallest absolute Gasteiger partial charge is 0.141 e. The van der Waals surface area contributed by atoms with Crippen LogP contribution in [0.1, 0.15) is 25.8 Å². The Morgan fingerprint density at radius 2 is 2.06 bits per heavy atom. The SMILES string of the molecule is CCC(C)(C(N)Cc1ccc(F)c(Cl)c1)N(C)C. The molecule has 1 rings (SSSR count). The number of nitrogens with two attached hydrogens (primary N) is 1. The zero-order valence-corrected chi connectivity index (χ0v) is 12.3.